The number of hydrogen-bond acceptors (Lipinski definition) is 2. The minimum absolute atomic E-state index is 0.307. The molecule has 2 unspecified atom stereocenters. The molecule has 2 aromatic rings. The van der Waals surface area contributed by atoms with Crippen molar-refractivity contribution in [3.05, 3.63) is 70.3 Å². The second-order valence-corrected chi connectivity index (χ2v) is 5.55. The van der Waals surface area contributed by atoms with E-state index in [-0.39, 0.29) is 0 Å². The van der Waals surface area contributed by atoms with Gasteiger partial charge in [0.1, 0.15) is 6.10 Å². The van der Waals surface area contributed by atoms with Gasteiger partial charge in [0.25, 0.3) is 0 Å². The number of benzene rings is 2. The molecule has 2 nitrogen and oxygen atoms in total. The zero-order valence-electron chi connectivity index (χ0n) is 12.4. The van der Waals surface area contributed by atoms with Crippen LogP contribution in [0.5, 0.6) is 0 Å². The van der Waals surface area contributed by atoms with E-state index < -0.39 is 6.10 Å². The van der Waals surface area contributed by atoms with Crippen LogP contribution in [-0.4, -0.2) is 11.7 Å². The zero-order chi connectivity index (χ0) is 14.7. The fourth-order valence-corrected chi connectivity index (χ4v) is 2.30. The Bertz CT molecular complexity index is 592. The number of nitrogens with two attached hydrogens (primary N) is 1. The van der Waals surface area contributed by atoms with Crippen molar-refractivity contribution in [2.24, 2.45) is 5.73 Å². The van der Waals surface area contributed by atoms with E-state index in [0.29, 0.717) is 12.5 Å². The van der Waals surface area contributed by atoms with Crippen LogP contribution in [-0.2, 0) is 0 Å². The van der Waals surface area contributed by atoms with Crippen molar-refractivity contribution in [1.29, 1.82) is 0 Å². The van der Waals surface area contributed by atoms with E-state index in [2.05, 4.69) is 45.0 Å². The first-order valence-electron chi connectivity index (χ1n) is 7.08. The van der Waals surface area contributed by atoms with Gasteiger partial charge >= 0.3 is 0 Å². The van der Waals surface area contributed by atoms with Gasteiger partial charge in [-0.3, -0.25) is 0 Å². The number of rotatable bonds is 4. The number of aliphatic hydroxyl groups excluding tert-OH is 1. The van der Waals surface area contributed by atoms with Crippen molar-refractivity contribution < 1.29 is 5.11 Å². The van der Waals surface area contributed by atoms with Gasteiger partial charge in [-0.2, -0.15) is 0 Å². The smallest absolute Gasteiger partial charge is 0.104 e. The predicted octanol–water partition coefficient (Wildman–Crippen LogP) is 3.45. The molecule has 0 fully saturated rings. The molecule has 106 valence electrons. The van der Waals surface area contributed by atoms with E-state index in [1.165, 1.54) is 16.7 Å². The summed E-state index contributed by atoms with van der Waals surface area (Å²) in [5.74, 6) is 0.307. The molecule has 0 aliphatic carbocycles. The minimum atomic E-state index is -0.584. The van der Waals surface area contributed by atoms with E-state index in [1.807, 2.05) is 18.2 Å². The normalized spacial score (nSPS) is 14.1. The molecule has 0 heterocycles. The highest BCUT2D eigenvalue weighted by Gasteiger charge is 2.13. The van der Waals surface area contributed by atoms with Crippen LogP contribution in [0.15, 0.2) is 42.5 Å². The molecular formula is C18H23NO. The molecule has 0 amide bonds. The van der Waals surface area contributed by atoms with Crippen molar-refractivity contribution in [2.75, 3.05) is 6.54 Å². The third kappa shape index (κ3) is 3.09. The summed E-state index contributed by atoms with van der Waals surface area (Å²) in [6, 6.07) is 14.2. The predicted molar refractivity (Wildman–Crippen MR) is 83.9 cm³/mol. The van der Waals surface area contributed by atoms with Gasteiger partial charge in [0.05, 0.1) is 0 Å². The zero-order valence-corrected chi connectivity index (χ0v) is 12.4. The van der Waals surface area contributed by atoms with Crippen LogP contribution in [0.2, 0.25) is 0 Å². The third-order valence-corrected chi connectivity index (χ3v) is 4.00. The quantitative estimate of drug-likeness (QED) is 0.893. The first-order valence-corrected chi connectivity index (χ1v) is 7.08. The summed E-state index contributed by atoms with van der Waals surface area (Å²) in [4.78, 5) is 0. The monoisotopic (exact) mass is 269 g/mol. The van der Waals surface area contributed by atoms with Crippen LogP contribution in [0.25, 0.3) is 0 Å². The van der Waals surface area contributed by atoms with Crippen LogP contribution in [0.1, 0.15) is 46.8 Å². The SMILES string of the molecule is Cc1ccc(C(O)c2cccc(C(C)CN)c2)cc1C. The molecule has 3 N–H and O–H groups in total. The molecule has 0 radical (unpaired) electrons. The van der Waals surface area contributed by atoms with Gasteiger partial charge in [0.2, 0.25) is 0 Å². The Morgan fingerprint density at radius 1 is 0.950 bits per heavy atom. The van der Waals surface area contributed by atoms with Gasteiger partial charge in [0, 0.05) is 0 Å². The molecule has 2 rings (SSSR count). The number of hydrogen-bond donors (Lipinski definition) is 2. The molecular weight excluding hydrogens is 246 g/mol. The highest BCUT2D eigenvalue weighted by Crippen LogP contribution is 2.26. The topological polar surface area (TPSA) is 46.2 Å². The average molecular weight is 269 g/mol. The van der Waals surface area contributed by atoms with E-state index in [1.54, 1.807) is 0 Å². The summed E-state index contributed by atoms with van der Waals surface area (Å²) < 4.78 is 0. The van der Waals surface area contributed by atoms with E-state index in [9.17, 15) is 5.11 Å². The van der Waals surface area contributed by atoms with Crippen molar-refractivity contribution in [3.63, 3.8) is 0 Å². The molecule has 0 bridgehead atoms. The number of aryl methyl sites for hydroxylation is 2. The summed E-state index contributed by atoms with van der Waals surface area (Å²) in [7, 11) is 0. The molecule has 2 heteroatoms. The Labute approximate surface area is 121 Å². The molecule has 0 aliphatic heterocycles. The molecule has 0 saturated heterocycles. The third-order valence-electron chi connectivity index (χ3n) is 4.00. The minimum Gasteiger partial charge on any atom is -0.384 e. The molecule has 2 aromatic carbocycles. The summed E-state index contributed by atoms with van der Waals surface area (Å²) in [5.41, 5.74) is 11.2. The lowest BCUT2D eigenvalue weighted by Gasteiger charge is -2.16. The highest BCUT2D eigenvalue weighted by molar-refractivity contribution is 5.37. The van der Waals surface area contributed by atoms with Crippen molar-refractivity contribution >= 4 is 0 Å². The Balaban J connectivity index is 2.32. The standard InChI is InChI=1S/C18H23NO/c1-12-7-8-17(9-13(12)2)18(20)16-6-4-5-15(10-16)14(3)11-19/h4-10,14,18,20H,11,19H2,1-3H3. The van der Waals surface area contributed by atoms with Gasteiger partial charge < -0.3 is 10.8 Å². The van der Waals surface area contributed by atoms with Gasteiger partial charge in [-0.15, -0.1) is 0 Å². The first-order chi connectivity index (χ1) is 9.52. The average Bonchev–Trinajstić information content (AvgIpc) is 2.48. The van der Waals surface area contributed by atoms with Crippen molar-refractivity contribution in [3.8, 4) is 0 Å². The maximum atomic E-state index is 10.6. The van der Waals surface area contributed by atoms with E-state index in [4.69, 9.17) is 5.73 Å². The van der Waals surface area contributed by atoms with Crippen molar-refractivity contribution in [1.82, 2.24) is 0 Å². The Hall–Kier alpha value is -1.64. The van der Waals surface area contributed by atoms with E-state index in [0.717, 1.165) is 11.1 Å². The largest absolute Gasteiger partial charge is 0.384 e. The Morgan fingerprint density at radius 3 is 2.25 bits per heavy atom. The second kappa shape index (κ2) is 6.21. The van der Waals surface area contributed by atoms with Crippen LogP contribution in [0.4, 0.5) is 0 Å². The fraction of sp³-hybridized carbons (Fsp3) is 0.333. The van der Waals surface area contributed by atoms with Gasteiger partial charge in [0.15, 0.2) is 0 Å². The fourth-order valence-electron chi connectivity index (χ4n) is 2.30. The molecule has 0 saturated carbocycles. The molecule has 20 heavy (non-hydrogen) atoms. The first kappa shape index (κ1) is 14.8. The lowest BCUT2D eigenvalue weighted by Crippen LogP contribution is -2.09. The van der Waals surface area contributed by atoms with Gasteiger partial charge in [-0.05, 0) is 54.1 Å². The van der Waals surface area contributed by atoms with Gasteiger partial charge in [-0.25, -0.2) is 0 Å². The number of aliphatic hydroxyl groups is 1. The summed E-state index contributed by atoms with van der Waals surface area (Å²) >= 11 is 0. The Morgan fingerprint density at radius 2 is 1.60 bits per heavy atom. The van der Waals surface area contributed by atoms with Crippen molar-refractivity contribution in [2.45, 2.75) is 32.8 Å². The maximum Gasteiger partial charge on any atom is 0.104 e. The second-order valence-electron chi connectivity index (χ2n) is 5.55. The highest BCUT2D eigenvalue weighted by atomic mass is 16.3. The maximum absolute atomic E-state index is 10.6. The van der Waals surface area contributed by atoms with Crippen LogP contribution < -0.4 is 5.73 Å². The summed E-state index contributed by atoms with van der Waals surface area (Å²) in [6.07, 6.45) is -0.584. The molecule has 0 aromatic heterocycles. The van der Waals surface area contributed by atoms with Crippen LogP contribution in [0.3, 0.4) is 0 Å². The lowest BCUT2D eigenvalue weighted by atomic mass is 9.94. The molecule has 0 aliphatic rings. The summed E-state index contributed by atoms with van der Waals surface area (Å²) in [5, 5.41) is 10.6. The van der Waals surface area contributed by atoms with E-state index >= 15 is 0 Å². The Kier molecular flexibility index (Phi) is 4.58. The molecule has 2 atom stereocenters. The van der Waals surface area contributed by atoms with Crippen LogP contribution in [0, 0.1) is 13.8 Å². The molecule has 0 spiro atoms. The summed E-state index contributed by atoms with van der Waals surface area (Å²) in [6.45, 7) is 6.86. The van der Waals surface area contributed by atoms with Crippen LogP contribution >= 0.6 is 0 Å². The lowest BCUT2D eigenvalue weighted by molar-refractivity contribution is 0.220. The van der Waals surface area contributed by atoms with Gasteiger partial charge in [-0.1, -0.05) is 49.4 Å².